The number of azo groups is 2. The predicted molar refractivity (Wildman–Crippen MR) is 242 cm³/mol. The number of carbonyl (C=O) groups excluding carboxylic acids is 1. The predicted octanol–water partition coefficient (Wildman–Crippen LogP) is 3.98. The van der Waals surface area contributed by atoms with Crippen molar-refractivity contribution in [3.8, 4) is 0 Å². The first kappa shape index (κ1) is 54.4. The Morgan fingerprint density at radius 1 is 0.507 bits per heavy atom. The van der Waals surface area contributed by atoms with Crippen LogP contribution >= 0.6 is 0 Å². The zero-order valence-corrected chi connectivity index (χ0v) is 41.1. The largest absolute Gasteiger partial charge is 1.00 e. The number of benzene rings is 6. The Hall–Kier alpha value is -5.17. The molecule has 0 spiro atoms. The number of rotatable bonds is 14. The minimum Gasteiger partial charge on any atom is -0.395 e. The third-order valence-corrected chi connectivity index (χ3v) is 12.9. The van der Waals surface area contributed by atoms with Gasteiger partial charge in [0, 0.05) is 46.0 Å². The zero-order valence-electron chi connectivity index (χ0n) is 35.8. The van der Waals surface area contributed by atoms with Crippen molar-refractivity contribution < 1.29 is 96.4 Å². The van der Waals surface area contributed by atoms with Crippen LogP contribution in [0.4, 0.5) is 38.9 Å². The number of hydrogen-bond donors (Lipinski definition) is 8. The molecule has 0 saturated carbocycles. The van der Waals surface area contributed by atoms with E-state index in [1.165, 1.54) is 60.7 Å². The summed E-state index contributed by atoms with van der Waals surface area (Å²) in [5.41, 5.74) is 1.93. The van der Waals surface area contributed by atoms with Gasteiger partial charge in [-0.15, -0.1) is 0 Å². The van der Waals surface area contributed by atoms with E-state index < -0.39 is 66.1 Å². The van der Waals surface area contributed by atoms with Gasteiger partial charge in [-0.25, -0.2) is 4.79 Å². The van der Waals surface area contributed by atoms with Crippen LogP contribution in [0.15, 0.2) is 137 Å². The van der Waals surface area contributed by atoms with Crippen LogP contribution in [0.1, 0.15) is 11.1 Å². The normalized spacial score (nSPS) is 12.3. The molecule has 22 nitrogen and oxygen atoms in total. The maximum absolute atomic E-state index is 12.9. The molecule has 0 radical (unpaired) electrons. The van der Waals surface area contributed by atoms with Crippen molar-refractivity contribution in [1.29, 1.82) is 0 Å². The van der Waals surface area contributed by atoms with Crippen molar-refractivity contribution in [1.82, 2.24) is 4.90 Å². The van der Waals surface area contributed by atoms with Gasteiger partial charge in [0.25, 0.3) is 40.5 Å². The number of aliphatic hydroxyl groups excluding tert-OH is 2. The summed E-state index contributed by atoms with van der Waals surface area (Å²) in [5, 5.41) is 37.4. The van der Waals surface area contributed by atoms with Crippen molar-refractivity contribution in [3.05, 3.63) is 108 Å². The van der Waals surface area contributed by atoms with Crippen molar-refractivity contribution in [2.75, 3.05) is 44.0 Å². The number of nitrogens with one attached hydrogen (secondary N) is 2. The Morgan fingerprint density at radius 2 is 0.866 bits per heavy atom. The van der Waals surface area contributed by atoms with Crippen LogP contribution in [0.5, 0.6) is 0 Å². The van der Waals surface area contributed by atoms with Crippen LogP contribution in [-0.4, -0.2) is 106 Å². The Morgan fingerprint density at radius 3 is 1.18 bits per heavy atom. The van der Waals surface area contributed by atoms with Gasteiger partial charge in [-0.1, -0.05) is 24.3 Å². The number of aryl methyl sites for hydroxylation is 2. The summed E-state index contributed by atoms with van der Waals surface area (Å²) in [6.07, 6.45) is 0. The van der Waals surface area contributed by atoms with E-state index in [1.807, 2.05) is 11.9 Å². The van der Waals surface area contributed by atoms with E-state index in [9.17, 15) is 56.7 Å². The van der Waals surface area contributed by atoms with Crippen molar-refractivity contribution in [2.45, 2.75) is 33.4 Å². The molecule has 0 heterocycles. The minimum atomic E-state index is -4.86. The summed E-state index contributed by atoms with van der Waals surface area (Å²) in [7, 11) is -17.4. The van der Waals surface area contributed by atoms with Gasteiger partial charge in [-0.3, -0.25) is 18.2 Å². The summed E-state index contributed by atoms with van der Waals surface area (Å²) in [6, 6.07) is 19.8. The number of likely N-dealkylation sites (N-methyl/N-ethyl adjacent to an activating group) is 1. The molecular formula is C40H41N7NaO15S4+. The molecule has 27 heteroatoms. The van der Waals surface area contributed by atoms with E-state index in [0.29, 0.717) is 35.6 Å². The molecule has 350 valence electrons. The first-order valence-electron chi connectivity index (χ1n) is 18.9. The molecule has 0 bridgehead atoms. The zero-order chi connectivity index (χ0) is 48.8. The van der Waals surface area contributed by atoms with Crippen molar-refractivity contribution in [2.24, 2.45) is 20.5 Å². The van der Waals surface area contributed by atoms with Gasteiger partial charge in [0.05, 0.1) is 36.0 Å². The molecule has 6 rings (SSSR count). The second kappa shape index (κ2) is 22.3. The van der Waals surface area contributed by atoms with Crippen LogP contribution in [0.25, 0.3) is 21.5 Å². The molecule has 6 aromatic rings. The molecule has 8 N–H and O–H groups in total. The third-order valence-electron chi connectivity index (χ3n) is 9.34. The molecule has 2 amide bonds. The smallest absolute Gasteiger partial charge is 0.395 e. The molecular weight excluding hydrogens is 970 g/mol. The topological polar surface area (TPSA) is 352 Å². The van der Waals surface area contributed by atoms with Gasteiger partial charge >= 0.3 is 35.6 Å². The van der Waals surface area contributed by atoms with E-state index >= 15 is 0 Å². The monoisotopic (exact) mass is 1010 g/mol. The van der Waals surface area contributed by atoms with Crippen molar-refractivity contribution >= 4 is 102 Å². The standard InChI is InChI=1S/C35H28N6O13S4.C5H13NO2.Na/c1-19-13-21(9-11-29(19)40-38-23-15-27-25(33(17-23)57(49,50)51)5-3-7-31(27)55(43,44)45)36-35(42)37-22-10-12-30(20(2)14-22)41-39-24-16-28-26(34(18-24)58(52,53)54)6-4-8-32(28)56(46,47)48;1-6(2-4-7)3-5-8;/h3-18H,1-2H3,(H2,36,37,42)(H,43,44,45)(H,46,47,48)(H,49,50,51)(H,52,53,54);7-8H,2-5H2,1H3;/q;;+1. The van der Waals surface area contributed by atoms with Gasteiger partial charge in [0.15, 0.2) is 0 Å². The van der Waals surface area contributed by atoms with Crippen molar-refractivity contribution in [3.63, 3.8) is 0 Å². The Bertz CT molecular complexity index is 3160. The summed E-state index contributed by atoms with van der Waals surface area (Å²) >= 11 is 0. The first-order valence-corrected chi connectivity index (χ1v) is 24.6. The average Bonchev–Trinajstić information content (AvgIpc) is 3.21. The Balaban J connectivity index is 0.000000997. The summed E-state index contributed by atoms with van der Waals surface area (Å²) < 4.78 is 135. The Kier molecular flexibility index (Phi) is 18.1. The molecule has 0 aliphatic carbocycles. The molecule has 0 atom stereocenters. The SMILES string of the molecule is CN(CCO)CCO.Cc1cc(NC(=O)Nc2ccc(N=Nc3cc(S(=O)(=O)O)c4cccc(S(=O)(=O)O)c4c3)c(C)c2)ccc1N=Nc1cc(S(=O)(=O)O)c2cccc(S(=O)(=O)O)c2c1.[Na+]. The second-order valence-corrected chi connectivity index (χ2v) is 19.8. The average molecular weight is 1010 g/mol. The number of anilines is 2. The fraction of sp³-hybridized carbons (Fsp3) is 0.175. The molecule has 0 aliphatic rings. The molecule has 0 unspecified atom stereocenters. The van der Waals surface area contributed by atoms with Gasteiger partial charge < -0.3 is 25.7 Å². The Labute approximate surface area is 406 Å². The van der Waals surface area contributed by atoms with Crippen LogP contribution < -0.4 is 40.2 Å². The van der Waals surface area contributed by atoms with Crippen LogP contribution in [0.3, 0.4) is 0 Å². The van der Waals surface area contributed by atoms with E-state index in [4.69, 9.17) is 10.2 Å². The van der Waals surface area contributed by atoms with Gasteiger partial charge in [0.1, 0.15) is 19.6 Å². The fourth-order valence-electron chi connectivity index (χ4n) is 6.27. The molecule has 0 aromatic heterocycles. The number of nitrogens with zero attached hydrogens (tertiary/aromatic N) is 5. The number of aliphatic hydroxyl groups is 2. The fourth-order valence-corrected chi connectivity index (χ4v) is 9.12. The third kappa shape index (κ3) is 14.4. The van der Waals surface area contributed by atoms with Crippen LogP contribution in [0.2, 0.25) is 0 Å². The number of fused-ring (bicyclic) bond motifs is 2. The quantitative estimate of drug-likeness (QED) is 0.0434. The maximum atomic E-state index is 12.9. The van der Waals surface area contributed by atoms with Gasteiger partial charge in [0.2, 0.25) is 0 Å². The molecule has 0 fully saturated rings. The molecule has 0 saturated heterocycles. The second-order valence-electron chi connectivity index (χ2n) is 14.2. The number of carbonyl (C=O) groups is 1. The summed E-state index contributed by atoms with van der Waals surface area (Å²) in [4.78, 5) is 12.2. The van der Waals surface area contributed by atoms with Crippen LogP contribution in [-0.2, 0) is 40.5 Å². The number of amides is 2. The van der Waals surface area contributed by atoms with Gasteiger partial charge in [-0.05, 0) is 105 Å². The van der Waals surface area contributed by atoms with E-state index in [0.717, 1.165) is 24.3 Å². The number of urea groups is 1. The number of hydrogen-bond acceptors (Lipinski definition) is 16. The maximum Gasteiger partial charge on any atom is 1.00 e. The first-order chi connectivity index (χ1) is 30.8. The minimum absolute atomic E-state index is 0. The van der Waals surface area contributed by atoms with E-state index in [1.54, 1.807) is 26.0 Å². The molecule has 67 heavy (non-hydrogen) atoms. The van der Waals surface area contributed by atoms with E-state index in [2.05, 4.69) is 31.1 Å². The molecule has 6 aromatic carbocycles. The summed E-state index contributed by atoms with van der Waals surface area (Å²) in [5.74, 6) is 0. The van der Waals surface area contributed by atoms with E-state index in [-0.39, 0.29) is 87.1 Å². The van der Waals surface area contributed by atoms with Crippen LogP contribution in [0, 0.1) is 13.8 Å². The van der Waals surface area contributed by atoms with Gasteiger partial charge in [-0.2, -0.15) is 54.1 Å². The molecule has 0 aliphatic heterocycles. The summed E-state index contributed by atoms with van der Waals surface area (Å²) in [6.45, 7) is 4.89.